The fourth-order valence-electron chi connectivity index (χ4n) is 3.73. The topological polar surface area (TPSA) is 27.1 Å². The fourth-order valence-corrected chi connectivity index (χ4v) is 3.93. The van der Waals surface area contributed by atoms with Gasteiger partial charge in [0.15, 0.2) is 0 Å². The Bertz CT molecular complexity index is 813. The molecule has 1 saturated carbocycles. The molecule has 1 fully saturated rings. The molecule has 0 amide bonds. The molecule has 0 radical (unpaired) electrons. The van der Waals surface area contributed by atoms with Crippen LogP contribution >= 0.6 is 11.6 Å². The maximum Gasteiger partial charge on any atom is 0.396 e. The highest BCUT2D eigenvalue weighted by molar-refractivity contribution is 6.30. The largest absolute Gasteiger partial charge is 0.473 e. The van der Waals surface area contributed by atoms with E-state index in [9.17, 15) is 17.6 Å². The summed E-state index contributed by atoms with van der Waals surface area (Å²) in [5.41, 5.74) is -0.884. The molecule has 28 heavy (non-hydrogen) atoms. The Morgan fingerprint density at radius 3 is 2.57 bits per heavy atom. The van der Waals surface area contributed by atoms with Gasteiger partial charge < -0.3 is 4.74 Å². The Morgan fingerprint density at radius 1 is 1.21 bits per heavy atom. The molecule has 2 aromatic rings. The van der Waals surface area contributed by atoms with Gasteiger partial charge in [-0.1, -0.05) is 37.8 Å². The van der Waals surface area contributed by atoms with Crippen molar-refractivity contribution >= 4 is 11.6 Å². The zero-order chi connectivity index (χ0) is 20.4. The average Bonchev–Trinajstić information content (AvgIpc) is 3.24. The first-order valence-electron chi connectivity index (χ1n) is 9.44. The number of hydrogen-bond donors (Lipinski definition) is 0. The van der Waals surface area contributed by atoms with Crippen molar-refractivity contribution in [3.05, 3.63) is 46.4 Å². The van der Waals surface area contributed by atoms with Gasteiger partial charge in [-0.15, -0.1) is 0 Å². The maximum absolute atomic E-state index is 13.9. The molecule has 1 aromatic heterocycles. The summed E-state index contributed by atoms with van der Waals surface area (Å²) in [6.07, 6.45) is -1.60. The Hall–Kier alpha value is -1.76. The van der Waals surface area contributed by atoms with Gasteiger partial charge in [0.2, 0.25) is 5.88 Å². The van der Waals surface area contributed by atoms with Gasteiger partial charge in [0, 0.05) is 16.7 Å². The van der Waals surface area contributed by atoms with Gasteiger partial charge in [-0.25, -0.2) is 9.07 Å². The lowest BCUT2D eigenvalue weighted by molar-refractivity contribution is -0.228. The lowest BCUT2D eigenvalue weighted by Crippen LogP contribution is -2.39. The van der Waals surface area contributed by atoms with E-state index < -0.39 is 17.4 Å². The van der Waals surface area contributed by atoms with Crippen LogP contribution < -0.4 is 4.74 Å². The number of halogens is 5. The van der Waals surface area contributed by atoms with Crippen LogP contribution in [0.1, 0.15) is 50.3 Å². The molecule has 154 valence electrons. The maximum atomic E-state index is 13.9. The van der Waals surface area contributed by atoms with Crippen LogP contribution in [-0.2, 0) is 19.6 Å². The molecule has 1 aliphatic carbocycles. The lowest BCUT2D eigenvalue weighted by atomic mass is 9.85. The molecule has 3 rings (SSSR count). The van der Waals surface area contributed by atoms with Crippen LogP contribution in [0.15, 0.2) is 24.3 Å². The minimum atomic E-state index is -4.31. The molecule has 1 heterocycles. The van der Waals surface area contributed by atoms with Crippen molar-refractivity contribution in [3.63, 3.8) is 0 Å². The number of alkyl halides is 3. The van der Waals surface area contributed by atoms with Gasteiger partial charge in [-0.2, -0.15) is 18.3 Å². The summed E-state index contributed by atoms with van der Waals surface area (Å²) < 4.78 is 62.3. The second-order valence-corrected chi connectivity index (χ2v) is 7.83. The summed E-state index contributed by atoms with van der Waals surface area (Å²) in [4.78, 5) is 0. The van der Waals surface area contributed by atoms with Crippen molar-refractivity contribution in [1.82, 2.24) is 9.78 Å². The second-order valence-electron chi connectivity index (χ2n) is 7.39. The summed E-state index contributed by atoms with van der Waals surface area (Å²) in [5.74, 6) is -0.259. The molecule has 1 aliphatic rings. The minimum Gasteiger partial charge on any atom is -0.473 e. The van der Waals surface area contributed by atoms with Gasteiger partial charge in [0.25, 0.3) is 0 Å². The number of aryl methyl sites for hydroxylation is 1. The third-order valence-electron chi connectivity index (χ3n) is 5.30. The SMILES string of the molecule is CCCc1cc(OCc2cc(Cl)ccc2F)n(CC2(C(F)(F)F)CCCC2)n1. The third kappa shape index (κ3) is 4.45. The zero-order valence-electron chi connectivity index (χ0n) is 15.7. The summed E-state index contributed by atoms with van der Waals surface area (Å²) in [6.45, 7) is 1.55. The number of ether oxygens (including phenoxy) is 1. The van der Waals surface area contributed by atoms with Crippen LogP contribution in [0.4, 0.5) is 17.6 Å². The Balaban J connectivity index is 1.85. The molecular formula is C20H23ClF4N2O. The van der Waals surface area contributed by atoms with E-state index in [2.05, 4.69) is 5.10 Å². The van der Waals surface area contributed by atoms with Crippen LogP contribution in [-0.4, -0.2) is 16.0 Å². The quantitative estimate of drug-likeness (QED) is 0.491. The highest BCUT2D eigenvalue weighted by Gasteiger charge is 2.56. The van der Waals surface area contributed by atoms with Crippen LogP contribution in [0.5, 0.6) is 5.88 Å². The van der Waals surface area contributed by atoms with E-state index in [4.69, 9.17) is 16.3 Å². The van der Waals surface area contributed by atoms with Crippen molar-refractivity contribution in [3.8, 4) is 5.88 Å². The van der Waals surface area contributed by atoms with Crippen molar-refractivity contribution in [2.45, 2.75) is 64.8 Å². The predicted molar refractivity (Wildman–Crippen MR) is 98.9 cm³/mol. The number of aromatic nitrogens is 2. The number of benzene rings is 1. The first-order valence-corrected chi connectivity index (χ1v) is 9.82. The van der Waals surface area contributed by atoms with E-state index in [1.54, 1.807) is 6.07 Å². The lowest BCUT2D eigenvalue weighted by Gasteiger charge is -2.31. The van der Waals surface area contributed by atoms with Crippen LogP contribution in [0.25, 0.3) is 0 Å². The normalized spacial score (nSPS) is 16.5. The van der Waals surface area contributed by atoms with E-state index in [-0.39, 0.29) is 37.4 Å². The number of rotatable bonds is 7. The standard InChI is InChI=1S/C20H23ClF4N2O/c1-2-5-16-11-18(28-12-14-10-15(21)6-7-17(14)22)27(26-16)13-19(20(23,24)25)8-3-4-9-19/h6-7,10-11H,2-5,8-9,12-13H2,1H3. The van der Waals surface area contributed by atoms with Crippen LogP contribution in [0.2, 0.25) is 5.02 Å². The van der Waals surface area contributed by atoms with Crippen molar-refractivity contribution < 1.29 is 22.3 Å². The highest BCUT2D eigenvalue weighted by Crippen LogP contribution is 2.51. The van der Waals surface area contributed by atoms with Gasteiger partial charge in [0.05, 0.1) is 17.7 Å². The zero-order valence-corrected chi connectivity index (χ0v) is 16.4. The fraction of sp³-hybridized carbons (Fsp3) is 0.550. The van der Waals surface area contributed by atoms with Crippen molar-refractivity contribution in [1.29, 1.82) is 0 Å². The first-order chi connectivity index (χ1) is 13.2. The molecular weight excluding hydrogens is 396 g/mol. The molecule has 0 bridgehead atoms. The molecule has 8 heteroatoms. The monoisotopic (exact) mass is 418 g/mol. The second kappa shape index (κ2) is 8.31. The molecule has 0 atom stereocenters. The first kappa shape index (κ1) is 21.0. The van der Waals surface area contributed by atoms with E-state index >= 15 is 0 Å². The van der Waals surface area contributed by atoms with E-state index in [1.165, 1.54) is 22.9 Å². The van der Waals surface area contributed by atoms with Crippen LogP contribution in [0, 0.1) is 11.2 Å². The Morgan fingerprint density at radius 2 is 1.93 bits per heavy atom. The number of nitrogens with zero attached hydrogens (tertiary/aromatic N) is 2. The summed E-state index contributed by atoms with van der Waals surface area (Å²) in [6, 6.07) is 5.75. The Labute approximate surface area is 166 Å². The van der Waals surface area contributed by atoms with E-state index in [0.717, 1.165) is 6.42 Å². The van der Waals surface area contributed by atoms with Crippen molar-refractivity contribution in [2.75, 3.05) is 0 Å². The number of hydrogen-bond acceptors (Lipinski definition) is 2. The average molecular weight is 419 g/mol. The van der Waals surface area contributed by atoms with Gasteiger partial charge in [0.1, 0.15) is 12.4 Å². The molecule has 0 N–H and O–H groups in total. The molecule has 0 aliphatic heterocycles. The third-order valence-corrected chi connectivity index (χ3v) is 5.53. The van der Waals surface area contributed by atoms with E-state index in [0.29, 0.717) is 30.0 Å². The van der Waals surface area contributed by atoms with Crippen molar-refractivity contribution in [2.24, 2.45) is 5.41 Å². The Kier molecular flexibility index (Phi) is 6.22. The van der Waals surface area contributed by atoms with Crippen LogP contribution in [0.3, 0.4) is 0 Å². The highest BCUT2D eigenvalue weighted by atomic mass is 35.5. The van der Waals surface area contributed by atoms with Gasteiger partial charge >= 0.3 is 6.18 Å². The summed E-state index contributed by atoms with van der Waals surface area (Å²) in [7, 11) is 0. The molecule has 0 saturated heterocycles. The predicted octanol–water partition coefficient (Wildman–Crippen LogP) is 6.33. The van der Waals surface area contributed by atoms with Gasteiger partial charge in [-0.05, 0) is 37.5 Å². The smallest absolute Gasteiger partial charge is 0.396 e. The molecule has 3 nitrogen and oxygen atoms in total. The van der Waals surface area contributed by atoms with Gasteiger partial charge in [-0.3, -0.25) is 0 Å². The van der Waals surface area contributed by atoms with E-state index in [1.807, 2.05) is 6.92 Å². The molecule has 0 unspecified atom stereocenters. The summed E-state index contributed by atoms with van der Waals surface area (Å²) in [5, 5.41) is 4.71. The summed E-state index contributed by atoms with van der Waals surface area (Å²) >= 11 is 5.89. The molecule has 0 spiro atoms. The molecule has 1 aromatic carbocycles. The minimum absolute atomic E-state index is 0.0852.